The Balaban J connectivity index is 2.25. The van der Waals surface area contributed by atoms with Gasteiger partial charge < -0.3 is 15.4 Å². The van der Waals surface area contributed by atoms with Crippen molar-refractivity contribution in [2.24, 2.45) is 0 Å². The first kappa shape index (κ1) is 17.0. The smallest absolute Gasteiger partial charge is 0.256 e. The van der Waals surface area contributed by atoms with Crippen molar-refractivity contribution in [3.63, 3.8) is 0 Å². The normalized spacial score (nSPS) is 10.1. The average molecular weight is 381 g/mol. The molecule has 0 spiro atoms. The van der Waals surface area contributed by atoms with Gasteiger partial charge in [-0.1, -0.05) is 0 Å². The summed E-state index contributed by atoms with van der Waals surface area (Å²) in [6.07, 6.45) is 0. The second kappa shape index (κ2) is 7.23. The summed E-state index contributed by atoms with van der Waals surface area (Å²) in [6, 6.07) is 8.64. The maximum absolute atomic E-state index is 13.1. The van der Waals surface area contributed by atoms with E-state index in [0.717, 1.165) is 0 Å². The van der Waals surface area contributed by atoms with Crippen LogP contribution in [0.15, 0.2) is 40.9 Å². The summed E-state index contributed by atoms with van der Waals surface area (Å²) in [6.45, 7) is 1.38. The largest absolute Gasteiger partial charge is 0.495 e. The Bertz CT molecular complexity index is 765. The number of methoxy groups -OCH3 is 1. The van der Waals surface area contributed by atoms with Gasteiger partial charge in [-0.15, -0.1) is 0 Å². The van der Waals surface area contributed by atoms with Gasteiger partial charge in [0.2, 0.25) is 5.91 Å². The number of carbonyl (C=O) groups is 2. The van der Waals surface area contributed by atoms with E-state index in [1.165, 1.54) is 32.2 Å². The van der Waals surface area contributed by atoms with E-state index in [-0.39, 0.29) is 5.91 Å². The van der Waals surface area contributed by atoms with Crippen molar-refractivity contribution in [2.45, 2.75) is 6.92 Å². The molecule has 0 aromatic heterocycles. The summed E-state index contributed by atoms with van der Waals surface area (Å²) >= 11 is 3.15. The van der Waals surface area contributed by atoms with Gasteiger partial charge in [-0.2, -0.15) is 0 Å². The van der Waals surface area contributed by atoms with E-state index in [0.29, 0.717) is 27.2 Å². The molecule has 0 fully saturated rings. The third-order valence-electron chi connectivity index (χ3n) is 2.94. The average Bonchev–Trinajstić information content (AvgIpc) is 2.46. The van der Waals surface area contributed by atoms with Crippen LogP contribution in [0.5, 0.6) is 5.75 Å². The van der Waals surface area contributed by atoms with Crippen LogP contribution in [-0.4, -0.2) is 18.9 Å². The molecule has 5 nitrogen and oxygen atoms in total. The van der Waals surface area contributed by atoms with Crippen molar-refractivity contribution in [3.8, 4) is 5.75 Å². The van der Waals surface area contributed by atoms with Crippen LogP contribution in [0, 0.1) is 5.82 Å². The van der Waals surface area contributed by atoms with Crippen LogP contribution in [0.3, 0.4) is 0 Å². The number of hydrogen-bond donors (Lipinski definition) is 2. The van der Waals surface area contributed by atoms with Gasteiger partial charge in [-0.25, -0.2) is 4.39 Å². The first-order valence-electron chi connectivity index (χ1n) is 6.62. The van der Waals surface area contributed by atoms with Crippen LogP contribution in [0.25, 0.3) is 0 Å². The minimum Gasteiger partial charge on any atom is -0.495 e. The second-order valence-corrected chi connectivity index (χ2v) is 5.53. The number of amides is 2. The van der Waals surface area contributed by atoms with Crippen LogP contribution >= 0.6 is 15.9 Å². The van der Waals surface area contributed by atoms with Crippen molar-refractivity contribution in [1.29, 1.82) is 0 Å². The molecule has 2 aromatic rings. The lowest BCUT2D eigenvalue weighted by Gasteiger charge is -2.12. The van der Waals surface area contributed by atoms with Crippen LogP contribution in [0.4, 0.5) is 15.8 Å². The SMILES string of the molecule is COc1ccc(NC(=O)c2ccc(F)cc2Br)cc1NC(C)=O. The van der Waals surface area contributed by atoms with E-state index < -0.39 is 11.7 Å². The Kier molecular flexibility index (Phi) is 5.33. The zero-order chi connectivity index (χ0) is 17.0. The maximum Gasteiger partial charge on any atom is 0.256 e. The minimum atomic E-state index is -0.439. The van der Waals surface area contributed by atoms with Gasteiger partial charge in [-0.05, 0) is 52.3 Å². The molecule has 0 aliphatic rings. The summed E-state index contributed by atoms with van der Waals surface area (Å²) in [5, 5.41) is 5.31. The van der Waals surface area contributed by atoms with Crippen LogP contribution in [-0.2, 0) is 4.79 Å². The molecular formula is C16H14BrFN2O3. The predicted octanol–water partition coefficient (Wildman–Crippen LogP) is 3.81. The molecule has 0 saturated carbocycles. The lowest BCUT2D eigenvalue weighted by Crippen LogP contribution is -2.13. The number of carbonyl (C=O) groups excluding carboxylic acids is 2. The molecule has 0 bridgehead atoms. The molecule has 2 amide bonds. The van der Waals surface area contributed by atoms with Crippen LogP contribution in [0.1, 0.15) is 17.3 Å². The number of hydrogen-bond acceptors (Lipinski definition) is 3. The Morgan fingerprint density at radius 3 is 2.48 bits per heavy atom. The van der Waals surface area contributed by atoms with Gasteiger partial charge in [0.25, 0.3) is 5.91 Å². The van der Waals surface area contributed by atoms with Gasteiger partial charge in [0.15, 0.2) is 0 Å². The molecule has 0 saturated heterocycles. The van der Waals surface area contributed by atoms with E-state index >= 15 is 0 Å². The fourth-order valence-corrected chi connectivity index (χ4v) is 2.48. The number of benzene rings is 2. The highest BCUT2D eigenvalue weighted by Crippen LogP contribution is 2.28. The molecule has 2 rings (SSSR count). The lowest BCUT2D eigenvalue weighted by molar-refractivity contribution is -0.114. The molecular weight excluding hydrogens is 367 g/mol. The standard InChI is InChI=1S/C16H14BrFN2O3/c1-9(21)19-14-8-11(4-6-15(14)23-2)20-16(22)12-5-3-10(18)7-13(12)17/h3-8H,1-2H3,(H,19,21)(H,20,22). The molecule has 0 heterocycles. The summed E-state index contributed by atoms with van der Waals surface area (Å²) in [7, 11) is 1.48. The van der Waals surface area contributed by atoms with Gasteiger partial charge in [-0.3, -0.25) is 9.59 Å². The first-order chi connectivity index (χ1) is 10.9. The van der Waals surface area contributed by atoms with E-state index in [2.05, 4.69) is 26.6 Å². The summed E-state index contributed by atoms with van der Waals surface area (Å²) < 4.78 is 18.6. The number of anilines is 2. The second-order valence-electron chi connectivity index (χ2n) is 4.67. The highest BCUT2D eigenvalue weighted by Gasteiger charge is 2.13. The molecule has 7 heteroatoms. The zero-order valence-corrected chi connectivity index (χ0v) is 14.0. The van der Waals surface area contributed by atoms with E-state index in [9.17, 15) is 14.0 Å². The number of halogens is 2. The predicted molar refractivity (Wildman–Crippen MR) is 89.4 cm³/mol. The minimum absolute atomic E-state index is 0.256. The highest BCUT2D eigenvalue weighted by atomic mass is 79.9. The molecule has 0 unspecified atom stereocenters. The molecule has 0 aliphatic heterocycles. The fourth-order valence-electron chi connectivity index (χ4n) is 1.95. The van der Waals surface area contributed by atoms with Crippen molar-refractivity contribution in [1.82, 2.24) is 0 Å². The summed E-state index contributed by atoms with van der Waals surface area (Å²) in [5.41, 5.74) is 1.20. The topological polar surface area (TPSA) is 67.4 Å². The molecule has 2 N–H and O–H groups in total. The van der Waals surface area contributed by atoms with Crippen molar-refractivity contribution < 1.29 is 18.7 Å². The third kappa shape index (κ3) is 4.29. The van der Waals surface area contributed by atoms with E-state index in [4.69, 9.17) is 4.74 Å². The molecule has 0 radical (unpaired) electrons. The number of rotatable bonds is 4. The quantitative estimate of drug-likeness (QED) is 0.847. The highest BCUT2D eigenvalue weighted by molar-refractivity contribution is 9.10. The molecule has 23 heavy (non-hydrogen) atoms. The molecule has 120 valence electrons. The Labute approximate surface area is 141 Å². The van der Waals surface area contributed by atoms with E-state index in [1.54, 1.807) is 18.2 Å². The lowest BCUT2D eigenvalue weighted by atomic mass is 10.2. The van der Waals surface area contributed by atoms with Crippen molar-refractivity contribution >= 4 is 39.1 Å². The third-order valence-corrected chi connectivity index (χ3v) is 3.60. The van der Waals surface area contributed by atoms with Crippen molar-refractivity contribution in [2.75, 3.05) is 17.7 Å². The Morgan fingerprint density at radius 1 is 1.13 bits per heavy atom. The zero-order valence-electron chi connectivity index (χ0n) is 12.4. The fraction of sp³-hybridized carbons (Fsp3) is 0.125. The molecule has 0 aliphatic carbocycles. The number of nitrogens with one attached hydrogen (secondary N) is 2. The Hall–Kier alpha value is -2.41. The van der Waals surface area contributed by atoms with E-state index in [1.807, 2.05) is 0 Å². The first-order valence-corrected chi connectivity index (χ1v) is 7.42. The van der Waals surface area contributed by atoms with Gasteiger partial charge in [0, 0.05) is 17.1 Å². The summed E-state index contributed by atoms with van der Waals surface area (Å²) in [5.74, 6) is -0.629. The molecule has 0 atom stereocenters. The van der Waals surface area contributed by atoms with Crippen LogP contribution < -0.4 is 15.4 Å². The van der Waals surface area contributed by atoms with Crippen molar-refractivity contribution in [3.05, 3.63) is 52.3 Å². The summed E-state index contributed by atoms with van der Waals surface area (Å²) in [4.78, 5) is 23.5. The van der Waals surface area contributed by atoms with Gasteiger partial charge in [0.1, 0.15) is 11.6 Å². The molecule has 2 aromatic carbocycles. The Morgan fingerprint density at radius 2 is 1.87 bits per heavy atom. The number of ether oxygens (including phenoxy) is 1. The maximum atomic E-state index is 13.1. The van der Waals surface area contributed by atoms with Gasteiger partial charge >= 0.3 is 0 Å². The monoisotopic (exact) mass is 380 g/mol. The van der Waals surface area contributed by atoms with Crippen LogP contribution in [0.2, 0.25) is 0 Å². The van der Waals surface area contributed by atoms with Gasteiger partial charge in [0.05, 0.1) is 18.4 Å².